The number of urea groups is 1. The Labute approximate surface area is 181 Å². The third-order valence-corrected chi connectivity index (χ3v) is 6.40. The molecule has 0 atom stereocenters. The van der Waals surface area contributed by atoms with Crippen molar-refractivity contribution < 1.29 is 9.53 Å². The number of ether oxygens (including phenoxy) is 1. The van der Waals surface area contributed by atoms with Gasteiger partial charge in [-0.3, -0.25) is 0 Å². The van der Waals surface area contributed by atoms with Crippen LogP contribution in [0.3, 0.4) is 0 Å². The molecule has 1 heterocycles. The predicted octanol–water partition coefficient (Wildman–Crippen LogP) is 4.71. The molecule has 0 saturated carbocycles. The van der Waals surface area contributed by atoms with E-state index in [-0.39, 0.29) is 6.03 Å². The monoisotopic (exact) mass is 459 g/mol. The van der Waals surface area contributed by atoms with Crippen molar-refractivity contribution in [3.05, 3.63) is 58.1 Å². The summed E-state index contributed by atoms with van der Waals surface area (Å²) in [7, 11) is 3.33. The van der Waals surface area contributed by atoms with E-state index in [9.17, 15) is 4.79 Å². The Bertz CT molecular complexity index is 802. The van der Waals surface area contributed by atoms with E-state index >= 15 is 0 Å². The van der Waals surface area contributed by atoms with Gasteiger partial charge >= 0.3 is 6.03 Å². The second kappa shape index (κ2) is 10.6. The average Bonchev–Trinajstić information content (AvgIpc) is 2.75. The molecular weight excluding hydrogens is 430 g/mol. The third kappa shape index (κ3) is 6.47. The number of nitrogens with zero attached hydrogens (tertiary/aromatic N) is 1. The van der Waals surface area contributed by atoms with Crippen molar-refractivity contribution >= 4 is 27.6 Å². The molecule has 3 rings (SSSR count). The molecule has 0 aromatic heterocycles. The molecule has 0 radical (unpaired) electrons. The summed E-state index contributed by atoms with van der Waals surface area (Å²) in [5.74, 6) is 1.65. The minimum absolute atomic E-state index is 0.193. The number of rotatable bonds is 7. The van der Waals surface area contributed by atoms with Crippen molar-refractivity contribution in [2.24, 2.45) is 5.92 Å². The molecule has 156 valence electrons. The zero-order valence-electron chi connectivity index (χ0n) is 17.2. The number of amides is 2. The zero-order chi connectivity index (χ0) is 20.6. The number of carbonyl (C=O) groups is 1. The quantitative estimate of drug-likeness (QED) is 0.630. The summed E-state index contributed by atoms with van der Waals surface area (Å²) in [6.07, 6.45) is 4.61. The molecule has 1 saturated heterocycles. The van der Waals surface area contributed by atoms with Crippen molar-refractivity contribution in [1.29, 1.82) is 0 Å². The van der Waals surface area contributed by atoms with E-state index in [1.165, 1.54) is 28.4 Å². The maximum Gasteiger partial charge on any atom is 0.318 e. The fraction of sp³-hybridized carbons (Fsp3) is 0.435. The van der Waals surface area contributed by atoms with Crippen LogP contribution in [0.4, 0.5) is 10.5 Å². The van der Waals surface area contributed by atoms with Crippen LogP contribution in [0, 0.1) is 5.92 Å². The highest BCUT2D eigenvalue weighted by atomic mass is 79.9. The first-order chi connectivity index (χ1) is 14.1. The van der Waals surface area contributed by atoms with Crippen molar-refractivity contribution in [3.8, 4) is 5.75 Å². The van der Waals surface area contributed by atoms with Crippen molar-refractivity contribution in [1.82, 2.24) is 10.2 Å². The van der Waals surface area contributed by atoms with Gasteiger partial charge in [0.1, 0.15) is 5.75 Å². The number of carbonyl (C=O) groups excluding carboxylic acids is 1. The standard InChI is InChI=1S/C23H30BrN3O2/c1-25-23(28)26-20-5-3-17(4-6-20)9-12-27-13-10-18(11-14-27)15-19-16-21(29-2)7-8-22(19)24/h3-8,16,18H,9-15H2,1-2H3,(H2,25,26,28). The van der Waals surface area contributed by atoms with Gasteiger partial charge < -0.3 is 20.3 Å². The van der Waals surface area contributed by atoms with Crippen molar-refractivity contribution in [2.75, 3.05) is 39.1 Å². The lowest BCUT2D eigenvalue weighted by molar-refractivity contribution is 0.186. The average molecular weight is 460 g/mol. The first kappa shape index (κ1) is 21.7. The molecule has 0 bridgehead atoms. The molecule has 5 nitrogen and oxygen atoms in total. The number of methoxy groups -OCH3 is 1. The highest BCUT2D eigenvalue weighted by molar-refractivity contribution is 9.10. The summed E-state index contributed by atoms with van der Waals surface area (Å²) in [5.41, 5.74) is 3.46. The van der Waals surface area contributed by atoms with Crippen LogP contribution in [0.25, 0.3) is 0 Å². The van der Waals surface area contributed by atoms with Crippen LogP contribution >= 0.6 is 15.9 Å². The minimum atomic E-state index is -0.193. The summed E-state index contributed by atoms with van der Waals surface area (Å²) in [5, 5.41) is 5.35. The molecule has 1 fully saturated rings. The van der Waals surface area contributed by atoms with E-state index in [1.54, 1.807) is 14.2 Å². The Kier molecular flexibility index (Phi) is 7.95. The summed E-state index contributed by atoms with van der Waals surface area (Å²) in [4.78, 5) is 13.9. The van der Waals surface area contributed by atoms with E-state index < -0.39 is 0 Å². The Morgan fingerprint density at radius 3 is 2.55 bits per heavy atom. The van der Waals surface area contributed by atoms with Gasteiger partial charge in [0.15, 0.2) is 0 Å². The van der Waals surface area contributed by atoms with E-state index in [1.807, 2.05) is 18.2 Å². The van der Waals surface area contributed by atoms with Gasteiger partial charge in [-0.25, -0.2) is 4.79 Å². The van der Waals surface area contributed by atoms with Gasteiger partial charge in [0.2, 0.25) is 0 Å². The van der Waals surface area contributed by atoms with Crippen LogP contribution in [-0.4, -0.2) is 44.7 Å². The number of anilines is 1. The van der Waals surface area contributed by atoms with Gasteiger partial charge in [-0.1, -0.05) is 28.1 Å². The molecular formula is C23H30BrN3O2. The molecule has 2 aromatic rings. The number of piperidine rings is 1. The van der Waals surface area contributed by atoms with Crippen LogP contribution in [0.15, 0.2) is 46.9 Å². The molecule has 1 aliphatic rings. The van der Waals surface area contributed by atoms with Gasteiger partial charge in [0.25, 0.3) is 0 Å². The number of hydrogen-bond acceptors (Lipinski definition) is 3. The van der Waals surface area contributed by atoms with Gasteiger partial charge in [-0.2, -0.15) is 0 Å². The largest absolute Gasteiger partial charge is 0.497 e. The van der Waals surface area contributed by atoms with E-state index in [2.05, 4.69) is 55.7 Å². The Morgan fingerprint density at radius 1 is 1.17 bits per heavy atom. The van der Waals surface area contributed by atoms with Crippen molar-refractivity contribution in [3.63, 3.8) is 0 Å². The highest BCUT2D eigenvalue weighted by Crippen LogP contribution is 2.28. The first-order valence-corrected chi connectivity index (χ1v) is 11.0. The third-order valence-electron chi connectivity index (χ3n) is 5.62. The van der Waals surface area contributed by atoms with Gasteiger partial charge in [-0.15, -0.1) is 0 Å². The molecule has 0 unspecified atom stereocenters. The summed E-state index contributed by atoms with van der Waals surface area (Å²) < 4.78 is 6.55. The lowest BCUT2D eigenvalue weighted by atomic mass is 9.90. The van der Waals surface area contributed by atoms with Crippen LogP contribution < -0.4 is 15.4 Å². The highest BCUT2D eigenvalue weighted by Gasteiger charge is 2.20. The SMILES string of the molecule is CNC(=O)Nc1ccc(CCN2CCC(Cc3cc(OC)ccc3Br)CC2)cc1. The van der Waals surface area contributed by atoms with Crippen molar-refractivity contribution in [2.45, 2.75) is 25.7 Å². The molecule has 0 spiro atoms. The number of likely N-dealkylation sites (tertiary alicyclic amines) is 1. The van der Waals surface area contributed by atoms with Gasteiger partial charge in [0, 0.05) is 23.8 Å². The molecule has 2 aromatic carbocycles. The summed E-state index contributed by atoms with van der Waals surface area (Å²) >= 11 is 3.68. The molecule has 2 amide bonds. The van der Waals surface area contributed by atoms with Gasteiger partial charge in [-0.05, 0) is 86.1 Å². The Morgan fingerprint density at radius 2 is 1.90 bits per heavy atom. The second-order valence-corrected chi connectivity index (χ2v) is 8.45. The van der Waals surface area contributed by atoms with Crippen LogP contribution in [0.2, 0.25) is 0 Å². The maximum atomic E-state index is 11.4. The summed E-state index contributed by atoms with van der Waals surface area (Å²) in [6, 6.07) is 14.2. The normalized spacial score (nSPS) is 15.1. The Balaban J connectivity index is 1.42. The van der Waals surface area contributed by atoms with Crippen LogP contribution in [0.5, 0.6) is 5.75 Å². The first-order valence-electron chi connectivity index (χ1n) is 10.2. The van der Waals surface area contributed by atoms with Gasteiger partial charge in [0.05, 0.1) is 7.11 Å². The number of benzene rings is 2. The molecule has 6 heteroatoms. The van der Waals surface area contributed by atoms with E-state index in [0.29, 0.717) is 0 Å². The fourth-order valence-electron chi connectivity index (χ4n) is 3.80. The van der Waals surface area contributed by atoms with E-state index in [4.69, 9.17) is 4.74 Å². The molecule has 29 heavy (non-hydrogen) atoms. The number of halogens is 1. The van der Waals surface area contributed by atoms with Crippen LogP contribution in [-0.2, 0) is 12.8 Å². The second-order valence-electron chi connectivity index (χ2n) is 7.60. The topological polar surface area (TPSA) is 53.6 Å². The molecule has 1 aliphatic heterocycles. The number of hydrogen-bond donors (Lipinski definition) is 2. The maximum absolute atomic E-state index is 11.4. The summed E-state index contributed by atoms with van der Waals surface area (Å²) in [6.45, 7) is 3.39. The van der Waals surface area contributed by atoms with Crippen LogP contribution in [0.1, 0.15) is 24.0 Å². The van der Waals surface area contributed by atoms with E-state index in [0.717, 1.165) is 49.8 Å². The lowest BCUT2D eigenvalue weighted by Gasteiger charge is -2.32. The lowest BCUT2D eigenvalue weighted by Crippen LogP contribution is -2.35. The Hall–Kier alpha value is -2.05. The smallest absolute Gasteiger partial charge is 0.318 e. The molecule has 0 aliphatic carbocycles. The predicted molar refractivity (Wildman–Crippen MR) is 122 cm³/mol. The molecule has 2 N–H and O–H groups in total. The number of nitrogens with one attached hydrogen (secondary N) is 2. The zero-order valence-corrected chi connectivity index (χ0v) is 18.8. The minimum Gasteiger partial charge on any atom is -0.497 e. The fourth-order valence-corrected chi connectivity index (χ4v) is 4.20.